The predicted octanol–water partition coefficient (Wildman–Crippen LogP) is 3.53. The second kappa shape index (κ2) is 14.6. The van der Waals surface area contributed by atoms with Crippen LogP contribution in [0.5, 0.6) is 0 Å². The molecule has 7 heteroatoms. The number of carbonyl (C=O) groups excluding carboxylic acids is 1. The van der Waals surface area contributed by atoms with Gasteiger partial charge in [0.1, 0.15) is 0 Å². The quantitative estimate of drug-likeness (QED) is 0.177. The van der Waals surface area contributed by atoms with E-state index in [2.05, 4.69) is 36.6 Å². The third-order valence-electron chi connectivity index (χ3n) is 5.25. The third-order valence-corrected chi connectivity index (χ3v) is 5.25. The van der Waals surface area contributed by atoms with Crippen LogP contribution >= 0.6 is 24.0 Å². The van der Waals surface area contributed by atoms with Crippen molar-refractivity contribution >= 4 is 35.8 Å². The molecule has 0 bridgehead atoms. The van der Waals surface area contributed by atoms with Gasteiger partial charge in [0.25, 0.3) is 0 Å². The van der Waals surface area contributed by atoms with Crippen molar-refractivity contribution < 1.29 is 9.90 Å². The van der Waals surface area contributed by atoms with Crippen LogP contribution in [0.1, 0.15) is 57.6 Å². The number of guanidine groups is 1. The first-order chi connectivity index (χ1) is 14.0. The Labute approximate surface area is 198 Å². The Morgan fingerprint density at radius 3 is 2.43 bits per heavy atom. The second-order valence-electron chi connectivity index (χ2n) is 8.28. The van der Waals surface area contributed by atoms with Gasteiger partial charge in [-0.3, -0.25) is 9.79 Å². The normalized spacial score (nSPS) is 14.3. The number of aliphatic imine (C=N–C) groups is 1. The van der Waals surface area contributed by atoms with Gasteiger partial charge in [0.05, 0.1) is 0 Å². The van der Waals surface area contributed by atoms with Gasteiger partial charge in [0.2, 0.25) is 5.91 Å². The van der Waals surface area contributed by atoms with E-state index in [1.165, 1.54) is 11.1 Å². The van der Waals surface area contributed by atoms with Crippen LogP contribution in [0, 0.1) is 11.8 Å². The minimum Gasteiger partial charge on any atom is -0.396 e. The van der Waals surface area contributed by atoms with E-state index in [1.54, 1.807) is 0 Å². The Kier molecular flexibility index (Phi) is 13.0. The van der Waals surface area contributed by atoms with Gasteiger partial charge >= 0.3 is 0 Å². The summed E-state index contributed by atoms with van der Waals surface area (Å²) in [4.78, 5) is 19.1. The van der Waals surface area contributed by atoms with E-state index < -0.39 is 0 Å². The van der Waals surface area contributed by atoms with Crippen LogP contribution in [0.25, 0.3) is 0 Å². The minimum atomic E-state index is 0. The molecule has 3 N–H and O–H groups in total. The molecule has 1 aromatic rings. The maximum absolute atomic E-state index is 12.5. The van der Waals surface area contributed by atoms with Crippen LogP contribution < -0.4 is 10.6 Å². The topological polar surface area (TPSA) is 77.0 Å². The molecule has 0 saturated carbocycles. The Morgan fingerprint density at radius 2 is 1.87 bits per heavy atom. The standard InChI is InChI=1S/C23H38N4O2.HI/c1-4-24-23(26-15-19(11-13-28)14-18(2)3)25-12-7-10-22(29)27-16-20-8-5-6-9-21(20)17-27;/h5-6,8-9,18-19,28H,4,7,10-17H2,1-3H3,(H2,24,25,26);1H. The van der Waals surface area contributed by atoms with Crippen molar-refractivity contribution in [2.24, 2.45) is 16.8 Å². The lowest BCUT2D eigenvalue weighted by Crippen LogP contribution is -2.38. The van der Waals surface area contributed by atoms with Crippen molar-refractivity contribution in [3.05, 3.63) is 35.4 Å². The molecule has 2 rings (SSSR count). The number of nitrogens with one attached hydrogen (secondary N) is 2. The Hall–Kier alpha value is -1.35. The first-order valence-corrected chi connectivity index (χ1v) is 11.0. The zero-order chi connectivity index (χ0) is 21.1. The van der Waals surface area contributed by atoms with Crippen LogP contribution in [0.2, 0.25) is 0 Å². The van der Waals surface area contributed by atoms with Crippen molar-refractivity contribution in [2.45, 2.75) is 59.5 Å². The molecule has 6 nitrogen and oxygen atoms in total. The maximum Gasteiger partial charge on any atom is 0.223 e. The number of rotatable bonds is 11. The van der Waals surface area contributed by atoms with E-state index in [1.807, 2.05) is 24.0 Å². The molecule has 1 amide bonds. The lowest BCUT2D eigenvalue weighted by molar-refractivity contribution is -0.131. The number of aliphatic hydroxyl groups is 1. The molecule has 0 aliphatic carbocycles. The number of benzene rings is 1. The SMILES string of the molecule is CCNC(=NCC(CCO)CC(C)C)NCCCC(=O)N1Cc2ccccc2C1.I. The van der Waals surface area contributed by atoms with Crippen LogP contribution in [0.3, 0.4) is 0 Å². The molecule has 1 aliphatic rings. The van der Waals surface area contributed by atoms with E-state index in [9.17, 15) is 9.90 Å². The van der Waals surface area contributed by atoms with Gasteiger partial charge in [-0.2, -0.15) is 0 Å². The highest BCUT2D eigenvalue weighted by Gasteiger charge is 2.22. The summed E-state index contributed by atoms with van der Waals surface area (Å²) >= 11 is 0. The summed E-state index contributed by atoms with van der Waals surface area (Å²) in [7, 11) is 0. The van der Waals surface area contributed by atoms with Gasteiger partial charge in [-0.25, -0.2) is 0 Å². The van der Waals surface area contributed by atoms with Crippen molar-refractivity contribution in [3.8, 4) is 0 Å². The summed E-state index contributed by atoms with van der Waals surface area (Å²) in [6.45, 7) is 10.3. The van der Waals surface area contributed by atoms with Gasteiger partial charge in [-0.05, 0) is 49.1 Å². The summed E-state index contributed by atoms with van der Waals surface area (Å²) in [5.41, 5.74) is 2.53. The fourth-order valence-electron chi connectivity index (χ4n) is 3.81. The Balaban J connectivity index is 0.00000450. The average molecular weight is 530 g/mol. The molecular formula is C23H39IN4O2. The van der Waals surface area contributed by atoms with Gasteiger partial charge in [-0.15, -0.1) is 24.0 Å². The first-order valence-electron chi connectivity index (χ1n) is 11.0. The molecule has 0 radical (unpaired) electrons. The van der Waals surface area contributed by atoms with Gasteiger partial charge < -0.3 is 20.6 Å². The number of nitrogens with zero attached hydrogens (tertiary/aromatic N) is 2. The summed E-state index contributed by atoms with van der Waals surface area (Å²) < 4.78 is 0. The van der Waals surface area contributed by atoms with Crippen LogP contribution in [0.15, 0.2) is 29.3 Å². The third kappa shape index (κ3) is 9.20. The lowest BCUT2D eigenvalue weighted by atomic mass is 9.94. The smallest absolute Gasteiger partial charge is 0.223 e. The van der Waals surface area contributed by atoms with Gasteiger partial charge in [-0.1, -0.05) is 38.1 Å². The van der Waals surface area contributed by atoms with Gasteiger partial charge in [0, 0.05) is 45.8 Å². The molecule has 0 saturated heterocycles. The van der Waals surface area contributed by atoms with Crippen LogP contribution in [-0.2, 0) is 17.9 Å². The highest BCUT2D eigenvalue weighted by atomic mass is 127. The van der Waals surface area contributed by atoms with E-state index in [4.69, 9.17) is 4.99 Å². The van der Waals surface area contributed by atoms with Crippen LogP contribution in [-0.4, -0.2) is 48.1 Å². The molecule has 1 atom stereocenters. The molecule has 0 fully saturated rings. The molecule has 1 heterocycles. The molecule has 1 aromatic carbocycles. The Morgan fingerprint density at radius 1 is 1.20 bits per heavy atom. The van der Waals surface area contributed by atoms with E-state index >= 15 is 0 Å². The number of amides is 1. The molecule has 1 unspecified atom stereocenters. The molecule has 170 valence electrons. The van der Waals surface area contributed by atoms with E-state index in [-0.39, 0.29) is 36.5 Å². The summed E-state index contributed by atoms with van der Waals surface area (Å²) in [5, 5.41) is 15.9. The van der Waals surface area contributed by atoms with Gasteiger partial charge in [0.15, 0.2) is 5.96 Å². The number of hydrogen-bond donors (Lipinski definition) is 3. The number of halogens is 1. The molecule has 0 spiro atoms. The lowest BCUT2D eigenvalue weighted by Gasteiger charge is -2.18. The van der Waals surface area contributed by atoms with Crippen molar-refractivity contribution in [1.29, 1.82) is 0 Å². The summed E-state index contributed by atoms with van der Waals surface area (Å²) in [5.74, 6) is 2.00. The number of hydrogen-bond acceptors (Lipinski definition) is 3. The number of aliphatic hydroxyl groups excluding tert-OH is 1. The number of carbonyl (C=O) groups is 1. The predicted molar refractivity (Wildman–Crippen MR) is 134 cm³/mol. The largest absolute Gasteiger partial charge is 0.396 e. The van der Waals surface area contributed by atoms with E-state index in [0.717, 1.165) is 44.9 Å². The monoisotopic (exact) mass is 530 g/mol. The number of fused-ring (bicyclic) bond motifs is 1. The summed E-state index contributed by atoms with van der Waals surface area (Å²) in [6.07, 6.45) is 3.17. The summed E-state index contributed by atoms with van der Waals surface area (Å²) in [6, 6.07) is 8.27. The molecule has 1 aliphatic heterocycles. The van der Waals surface area contributed by atoms with Crippen molar-refractivity contribution in [2.75, 3.05) is 26.2 Å². The van der Waals surface area contributed by atoms with Crippen molar-refractivity contribution in [3.63, 3.8) is 0 Å². The Bertz CT molecular complexity index is 641. The highest BCUT2D eigenvalue weighted by molar-refractivity contribution is 14.0. The molecule has 30 heavy (non-hydrogen) atoms. The minimum absolute atomic E-state index is 0. The fraction of sp³-hybridized carbons (Fsp3) is 0.652. The fourth-order valence-corrected chi connectivity index (χ4v) is 3.81. The zero-order valence-corrected chi connectivity index (χ0v) is 21.0. The average Bonchev–Trinajstić information content (AvgIpc) is 3.13. The maximum atomic E-state index is 12.5. The first kappa shape index (κ1) is 26.7. The second-order valence-corrected chi connectivity index (χ2v) is 8.28. The van der Waals surface area contributed by atoms with Crippen LogP contribution in [0.4, 0.5) is 0 Å². The zero-order valence-electron chi connectivity index (χ0n) is 18.7. The highest BCUT2D eigenvalue weighted by Crippen LogP contribution is 2.22. The van der Waals surface area contributed by atoms with E-state index in [0.29, 0.717) is 31.3 Å². The molecule has 0 aromatic heterocycles. The van der Waals surface area contributed by atoms with Crippen molar-refractivity contribution in [1.82, 2.24) is 15.5 Å². The molecular weight excluding hydrogens is 491 g/mol.